The van der Waals surface area contributed by atoms with E-state index in [1.54, 1.807) is 19.1 Å². The second-order valence-corrected chi connectivity index (χ2v) is 5.10. The topological polar surface area (TPSA) is 105 Å². The summed E-state index contributed by atoms with van der Waals surface area (Å²) in [6.07, 6.45) is 1.12. The van der Waals surface area contributed by atoms with Gasteiger partial charge in [0.25, 0.3) is 5.69 Å². The van der Waals surface area contributed by atoms with Crippen LogP contribution in [-0.2, 0) is 0 Å². The number of rotatable bonds is 4. The molecule has 0 atom stereocenters. The Morgan fingerprint density at radius 2 is 2.14 bits per heavy atom. The number of carboxylic acids is 1. The predicted molar refractivity (Wildman–Crippen MR) is 80.0 cm³/mol. The number of halogens is 1. The van der Waals surface area contributed by atoms with E-state index in [1.807, 2.05) is 0 Å². The number of nitrogens with one attached hydrogen (secondary N) is 1. The summed E-state index contributed by atoms with van der Waals surface area (Å²) in [4.78, 5) is 25.1. The van der Waals surface area contributed by atoms with Gasteiger partial charge in [-0.2, -0.15) is 0 Å². The molecular weight excluding hydrogens is 342 g/mol. The Balaban J connectivity index is 2.32. The van der Waals surface area contributed by atoms with E-state index in [0.29, 0.717) is 21.5 Å². The van der Waals surface area contributed by atoms with E-state index < -0.39 is 10.9 Å². The summed E-state index contributed by atoms with van der Waals surface area (Å²) >= 11 is 3.19. The SMILES string of the molecule is Cc1ccc(Nc2ncc([N+](=O)[O-])cc2Br)cc1C(=O)O. The molecule has 0 aliphatic heterocycles. The van der Waals surface area contributed by atoms with Gasteiger partial charge in [0, 0.05) is 11.8 Å². The molecule has 0 radical (unpaired) electrons. The summed E-state index contributed by atoms with van der Waals surface area (Å²) in [5, 5.41) is 22.6. The van der Waals surface area contributed by atoms with Crippen molar-refractivity contribution < 1.29 is 14.8 Å². The molecule has 0 aliphatic carbocycles. The number of hydrogen-bond acceptors (Lipinski definition) is 5. The van der Waals surface area contributed by atoms with Crippen LogP contribution in [0.3, 0.4) is 0 Å². The summed E-state index contributed by atoms with van der Waals surface area (Å²) in [7, 11) is 0. The smallest absolute Gasteiger partial charge is 0.336 e. The molecule has 1 aromatic carbocycles. The second-order valence-electron chi connectivity index (χ2n) is 4.24. The third-order valence-electron chi connectivity index (χ3n) is 2.77. The number of benzene rings is 1. The molecule has 8 heteroatoms. The molecule has 2 N–H and O–H groups in total. The first-order valence-corrected chi connectivity index (χ1v) is 6.58. The molecule has 0 spiro atoms. The van der Waals surface area contributed by atoms with E-state index in [1.165, 1.54) is 12.1 Å². The highest BCUT2D eigenvalue weighted by molar-refractivity contribution is 9.10. The van der Waals surface area contributed by atoms with Gasteiger partial charge in [0.15, 0.2) is 0 Å². The maximum Gasteiger partial charge on any atom is 0.336 e. The number of carboxylic acid groups (broad SMARTS) is 1. The summed E-state index contributed by atoms with van der Waals surface area (Å²) < 4.78 is 0.411. The minimum Gasteiger partial charge on any atom is -0.478 e. The fourth-order valence-electron chi connectivity index (χ4n) is 1.69. The van der Waals surface area contributed by atoms with Gasteiger partial charge in [-0.25, -0.2) is 9.78 Å². The number of hydrogen-bond donors (Lipinski definition) is 2. The first kappa shape index (κ1) is 14.9. The molecule has 0 amide bonds. The van der Waals surface area contributed by atoms with Crippen LogP contribution < -0.4 is 5.32 Å². The Kier molecular flexibility index (Phi) is 4.18. The average Bonchev–Trinajstić information content (AvgIpc) is 2.42. The van der Waals surface area contributed by atoms with Crippen LogP contribution in [0.1, 0.15) is 15.9 Å². The fourth-order valence-corrected chi connectivity index (χ4v) is 2.12. The van der Waals surface area contributed by atoms with Gasteiger partial charge in [-0.05, 0) is 40.5 Å². The minimum atomic E-state index is -1.02. The Labute approximate surface area is 127 Å². The van der Waals surface area contributed by atoms with E-state index in [4.69, 9.17) is 5.11 Å². The van der Waals surface area contributed by atoms with Crippen LogP contribution in [0.5, 0.6) is 0 Å². The minimum absolute atomic E-state index is 0.137. The van der Waals surface area contributed by atoms with Crippen LogP contribution >= 0.6 is 15.9 Å². The average molecular weight is 352 g/mol. The molecule has 108 valence electrons. The molecule has 0 aliphatic rings. The van der Waals surface area contributed by atoms with Gasteiger partial charge in [0.2, 0.25) is 0 Å². The molecule has 0 unspecified atom stereocenters. The van der Waals surface area contributed by atoms with Crippen LogP contribution in [0.25, 0.3) is 0 Å². The molecule has 7 nitrogen and oxygen atoms in total. The van der Waals surface area contributed by atoms with Crippen molar-refractivity contribution >= 4 is 39.1 Å². The summed E-state index contributed by atoms with van der Waals surface area (Å²) in [5.74, 6) is -0.660. The van der Waals surface area contributed by atoms with Crippen molar-refractivity contribution in [3.63, 3.8) is 0 Å². The zero-order valence-electron chi connectivity index (χ0n) is 10.8. The lowest BCUT2D eigenvalue weighted by Crippen LogP contribution is -2.02. The normalized spacial score (nSPS) is 10.2. The molecule has 2 rings (SSSR count). The van der Waals surface area contributed by atoms with Crippen molar-refractivity contribution in [2.75, 3.05) is 5.32 Å². The third kappa shape index (κ3) is 3.34. The fraction of sp³-hybridized carbons (Fsp3) is 0.0769. The third-order valence-corrected chi connectivity index (χ3v) is 3.37. The monoisotopic (exact) mass is 351 g/mol. The maximum atomic E-state index is 11.1. The molecule has 0 fully saturated rings. The molecule has 0 saturated carbocycles. The van der Waals surface area contributed by atoms with Gasteiger partial charge in [-0.1, -0.05) is 6.07 Å². The number of aromatic nitrogens is 1. The Hall–Kier alpha value is -2.48. The van der Waals surface area contributed by atoms with Crippen molar-refractivity contribution in [1.82, 2.24) is 4.98 Å². The summed E-state index contributed by atoms with van der Waals surface area (Å²) in [6.45, 7) is 1.70. The zero-order valence-corrected chi connectivity index (χ0v) is 12.4. The number of anilines is 2. The first-order chi connectivity index (χ1) is 9.88. The molecular formula is C13H10BrN3O4. The van der Waals surface area contributed by atoms with Crippen molar-refractivity contribution in [3.8, 4) is 0 Å². The highest BCUT2D eigenvalue weighted by atomic mass is 79.9. The number of nitro groups is 1. The summed E-state index contributed by atoms with van der Waals surface area (Å²) in [5.41, 5.74) is 1.21. The summed E-state index contributed by atoms with van der Waals surface area (Å²) in [6, 6.07) is 6.18. The van der Waals surface area contributed by atoms with E-state index in [-0.39, 0.29) is 11.3 Å². The number of aryl methyl sites for hydroxylation is 1. The quantitative estimate of drug-likeness (QED) is 0.644. The van der Waals surface area contributed by atoms with Gasteiger partial charge in [-0.3, -0.25) is 10.1 Å². The van der Waals surface area contributed by atoms with Gasteiger partial charge >= 0.3 is 5.97 Å². The van der Waals surface area contributed by atoms with Crippen LogP contribution in [0.4, 0.5) is 17.2 Å². The molecule has 0 saturated heterocycles. The van der Waals surface area contributed by atoms with Gasteiger partial charge in [-0.15, -0.1) is 0 Å². The highest BCUT2D eigenvalue weighted by Gasteiger charge is 2.12. The number of nitrogens with zero attached hydrogens (tertiary/aromatic N) is 2. The first-order valence-electron chi connectivity index (χ1n) is 5.79. The highest BCUT2D eigenvalue weighted by Crippen LogP contribution is 2.27. The lowest BCUT2D eigenvalue weighted by atomic mass is 10.1. The van der Waals surface area contributed by atoms with E-state index >= 15 is 0 Å². The van der Waals surface area contributed by atoms with Crippen molar-refractivity contribution in [3.05, 3.63) is 56.2 Å². The van der Waals surface area contributed by atoms with Crippen LogP contribution in [-0.4, -0.2) is 21.0 Å². The van der Waals surface area contributed by atoms with Gasteiger partial charge in [0.05, 0.1) is 15.0 Å². The van der Waals surface area contributed by atoms with Crippen molar-refractivity contribution in [2.45, 2.75) is 6.92 Å². The van der Waals surface area contributed by atoms with Gasteiger partial charge in [0.1, 0.15) is 12.0 Å². The van der Waals surface area contributed by atoms with Crippen LogP contribution in [0.15, 0.2) is 34.9 Å². The van der Waals surface area contributed by atoms with Gasteiger partial charge < -0.3 is 10.4 Å². The maximum absolute atomic E-state index is 11.1. The standard InChI is InChI=1S/C13H10BrN3O4/c1-7-2-3-8(4-10(7)13(18)19)16-12-11(14)5-9(6-15-12)17(20)21/h2-6H,1H3,(H,15,16)(H,18,19). The second kappa shape index (κ2) is 5.88. The number of pyridine rings is 1. The van der Waals surface area contributed by atoms with Crippen molar-refractivity contribution in [2.24, 2.45) is 0 Å². The van der Waals surface area contributed by atoms with Crippen molar-refractivity contribution in [1.29, 1.82) is 0 Å². The molecule has 1 aromatic heterocycles. The zero-order chi connectivity index (χ0) is 15.6. The molecule has 2 aromatic rings. The number of carbonyl (C=O) groups is 1. The Bertz CT molecular complexity index is 733. The van der Waals surface area contributed by atoms with E-state index in [9.17, 15) is 14.9 Å². The van der Waals surface area contributed by atoms with E-state index in [0.717, 1.165) is 6.20 Å². The molecule has 0 bridgehead atoms. The lowest BCUT2D eigenvalue weighted by Gasteiger charge is -2.09. The Morgan fingerprint density at radius 3 is 2.71 bits per heavy atom. The largest absolute Gasteiger partial charge is 0.478 e. The lowest BCUT2D eigenvalue weighted by molar-refractivity contribution is -0.385. The van der Waals surface area contributed by atoms with Crippen LogP contribution in [0, 0.1) is 17.0 Å². The molecule has 21 heavy (non-hydrogen) atoms. The number of aromatic carboxylic acids is 1. The van der Waals surface area contributed by atoms with Crippen LogP contribution in [0.2, 0.25) is 0 Å². The van der Waals surface area contributed by atoms with E-state index in [2.05, 4.69) is 26.2 Å². The predicted octanol–water partition coefficient (Wildman–Crippen LogP) is 3.50. The Morgan fingerprint density at radius 1 is 1.43 bits per heavy atom. The molecule has 1 heterocycles.